The van der Waals surface area contributed by atoms with E-state index in [1.54, 1.807) is 0 Å². The Morgan fingerprint density at radius 2 is 2.29 bits per heavy atom. The number of aromatic nitrogens is 2. The minimum atomic E-state index is -0.585. The van der Waals surface area contributed by atoms with Gasteiger partial charge in [0.2, 0.25) is 5.88 Å². The Hall–Kier alpha value is -1.56. The molecular weight excluding hydrogens is 224 g/mol. The Kier molecular flexibility index (Phi) is 3.63. The highest BCUT2D eigenvalue weighted by Gasteiger charge is 2.14. The molecule has 0 bridgehead atoms. The van der Waals surface area contributed by atoms with Crippen LogP contribution in [0.5, 0.6) is 5.88 Å². The second-order valence-electron chi connectivity index (χ2n) is 4.23. The van der Waals surface area contributed by atoms with E-state index in [4.69, 9.17) is 4.74 Å². The molecule has 1 aromatic heterocycles. The highest BCUT2D eigenvalue weighted by atomic mass is 16.5. The third-order valence-corrected chi connectivity index (χ3v) is 2.96. The standard InChI is InChI=1S/C11H16N2O4/c14-9-7-10(15)13(11(16)12-9)5-4-8-3-1-2-6-17-8/h7-8,15H,1-6H2,(H,12,14,16). The molecule has 1 atom stereocenters. The van der Waals surface area contributed by atoms with Gasteiger partial charge in [0.05, 0.1) is 12.2 Å². The molecule has 0 amide bonds. The third-order valence-electron chi connectivity index (χ3n) is 2.96. The van der Waals surface area contributed by atoms with Crippen LogP contribution >= 0.6 is 0 Å². The largest absolute Gasteiger partial charge is 0.494 e. The summed E-state index contributed by atoms with van der Waals surface area (Å²) < 4.78 is 6.69. The molecule has 1 saturated heterocycles. The lowest BCUT2D eigenvalue weighted by Crippen LogP contribution is -2.31. The van der Waals surface area contributed by atoms with Crippen molar-refractivity contribution in [2.75, 3.05) is 6.61 Å². The molecule has 1 aromatic rings. The van der Waals surface area contributed by atoms with Crippen molar-refractivity contribution in [3.8, 4) is 5.88 Å². The molecule has 1 aliphatic rings. The lowest BCUT2D eigenvalue weighted by molar-refractivity contribution is 0.00832. The zero-order valence-corrected chi connectivity index (χ0v) is 9.52. The van der Waals surface area contributed by atoms with Crippen molar-refractivity contribution in [3.05, 3.63) is 26.9 Å². The van der Waals surface area contributed by atoms with Gasteiger partial charge in [-0.15, -0.1) is 0 Å². The van der Waals surface area contributed by atoms with Gasteiger partial charge in [-0.05, 0) is 25.7 Å². The van der Waals surface area contributed by atoms with Crippen LogP contribution < -0.4 is 11.2 Å². The lowest BCUT2D eigenvalue weighted by atomic mass is 10.1. The Balaban J connectivity index is 2.03. The fraction of sp³-hybridized carbons (Fsp3) is 0.636. The topological polar surface area (TPSA) is 84.3 Å². The van der Waals surface area contributed by atoms with Crippen LogP contribution in [-0.2, 0) is 11.3 Å². The van der Waals surface area contributed by atoms with Gasteiger partial charge in [0.25, 0.3) is 5.56 Å². The summed E-state index contributed by atoms with van der Waals surface area (Å²) in [6.45, 7) is 1.11. The molecule has 0 saturated carbocycles. The molecule has 94 valence electrons. The van der Waals surface area contributed by atoms with Crippen LogP contribution in [0.4, 0.5) is 0 Å². The molecule has 2 N–H and O–H groups in total. The van der Waals surface area contributed by atoms with Crippen molar-refractivity contribution in [2.45, 2.75) is 38.3 Å². The zero-order chi connectivity index (χ0) is 12.3. The van der Waals surface area contributed by atoms with Crippen LogP contribution in [0, 0.1) is 0 Å². The normalized spacial score (nSPS) is 20.4. The molecule has 0 aromatic carbocycles. The van der Waals surface area contributed by atoms with Crippen LogP contribution in [0.25, 0.3) is 0 Å². The smallest absolute Gasteiger partial charge is 0.331 e. The maximum atomic E-state index is 11.4. The van der Waals surface area contributed by atoms with Crippen LogP contribution in [0.1, 0.15) is 25.7 Å². The minimum Gasteiger partial charge on any atom is -0.494 e. The molecule has 2 rings (SSSR count). The fourth-order valence-corrected chi connectivity index (χ4v) is 2.03. The van der Waals surface area contributed by atoms with E-state index in [0.717, 1.165) is 36.5 Å². The van der Waals surface area contributed by atoms with E-state index in [9.17, 15) is 14.7 Å². The van der Waals surface area contributed by atoms with Crippen molar-refractivity contribution >= 4 is 0 Å². The lowest BCUT2D eigenvalue weighted by Gasteiger charge is -2.22. The predicted molar refractivity (Wildman–Crippen MR) is 61.2 cm³/mol. The average Bonchev–Trinajstić information content (AvgIpc) is 2.29. The number of nitrogens with zero attached hydrogens (tertiary/aromatic N) is 1. The first-order valence-electron chi connectivity index (χ1n) is 5.81. The first kappa shape index (κ1) is 11.9. The molecule has 6 heteroatoms. The highest BCUT2D eigenvalue weighted by molar-refractivity contribution is 5.05. The average molecular weight is 240 g/mol. The van der Waals surface area contributed by atoms with E-state index >= 15 is 0 Å². The van der Waals surface area contributed by atoms with Crippen molar-refractivity contribution < 1.29 is 9.84 Å². The maximum Gasteiger partial charge on any atom is 0.331 e. The number of hydrogen-bond acceptors (Lipinski definition) is 4. The molecule has 1 unspecified atom stereocenters. The number of ether oxygens (including phenoxy) is 1. The number of hydrogen-bond donors (Lipinski definition) is 2. The maximum absolute atomic E-state index is 11.4. The molecule has 2 heterocycles. The van der Waals surface area contributed by atoms with Gasteiger partial charge in [-0.2, -0.15) is 0 Å². The van der Waals surface area contributed by atoms with Gasteiger partial charge in [-0.1, -0.05) is 0 Å². The summed E-state index contributed by atoms with van der Waals surface area (Å²) in [6.07, 6.45) is 4.01. The van der Waals surface area contributed by atoms with Gasteiger partial charge >= 0.3 is 5.69 Å². The van der Waals surface area contributed by atoms with E-state index in [1.165, 1.54) is 0 Å². The van der Waals surface area contributed by atoms with Crippen LogP contribution in [0.2, 0.25) is 0 Å². The van der Waals surface area contributed by atoms with Crippen molar-refractivity contribution in [1.29, 1.82) is 0 Å². The van der Waals surface area contributed by atoms with Gasteiger partial charge in [0, 0.05) is 13.2 Å². The Bertz CT molecular complexity index is 485. The number of aromatic amines is 1. The van der Waals surface area contributed by atoms with Crippen molar-refractivity contribution in [2.24, 2.45) is 0 Å². The summed E-state index contributed by atoms with van der Waals surface area (Å²) in [4.78, 5) is 24.5. The monoisotopic (exact) mass is 240 g/mol. The van der Waals surface area contributed by atoms with Gasteiger partial charge in [0.15, 0.2) is 0 Å². The highest BCUT2D eigenvalue weighted by Crippen LogP contribution is 2.16. The van der Waals surface area contributed by atoms with Crippen LogP contribution in [-0.4, -0.2) is 27.4 Å². The van der Waals surface area contributed by atoms with Gasteiger partial charge in [-0.25, -0.2) is 4.79 Å². The zero-order valence-electron chi connectivity index (χ0n) is 9.52. The molecular formula is C11H16N2O4. The summed E-state index contributed by atoms with van der Waals surface area (Å²) in [5.74, 6) is -0.297. The predicted octanol–water partition coefficient (Wildman–Crippen LogP) is 0.201. The van der Waals surface area contributed by atoms with Gasteiger partial charge in [0.1, 0.15) is 0 Å². The van der Waals surface area contributed by atoms with Crippen molar-refractivity contribution in [3.63, 3.8) is 0 Å². The number of aromatic hydroxyl groups is 1. The second-order valence-corrected chi connectivity index (χ2v) is 4.23. The summed E-state index contributed by atoms with van der Waals surface area (Å²) in [5, 5.41) is 9.50. The Morgan fingerprint density at radius 1 is 1.47 bits per heavy atom. The summed E-state index contributed by atoms with van der Waals surface area (Å²) in [7, 11) is 0. The Morgan fingerprint density at radius 3 is 2.94 bits per heavy atom. The molecule has 1 fully saturated rings. The first-order chi connectivity index (χ1) is 8.16. The second kappa shape index (κ2) is 5.18. The van der Waals surface area contributed by atoms with Crippen LogP contribution in [0.15, 0.2) is 15.7 Å². The number of nitrogens with one attached hydrogen (secondary N) is 1. The molecule has 1 aliphatic heterocycles. The SMILES string of the molecule is O=c1cc(O)n(CCC2CCCCO2)c(=O)[nH]1. The van der Waals surface area contributed by atoms with Gasteiger partial charge in [-0.3, -0.25) is 14.3 Å². The molecule has 0 spiro atoms. The van der Waals surface area contributed by atoms with E-state index in [-0.39, 0.29) is 12.0 Å². The van der Waals surface area contributed by atoms with Gasteiger partial charge < -0.3 is 9.84 Å². The summed E-state index contributed by atoms with van der Waals surface area (Å²) in [6, 6.07) is 1.00. The quantitative estimate of drug-likeness (QED) is 0.790. The van der Waals surface area contributed by atoms with Crippen LogP contribution in [0.3, 0.4) is 0 Å². The molecule has 6 nitrogen and oxygen atoms in total. The van der Waals surface area contributed by atoms with E-state index < -0.39 is 11.2 Å². The first-order valence-corrected chi connectivity index (χ1v) is 5.81. The summed E-state index contributed by atoms with van der Waals surface area (Å²) >= 11 is 0. The molecule has 17 heavy (non-hydrogen) atoms. The van der Waals surface area contributed by atoms with E-state index in [2.05, 4.69) is 4.98 Å². The number of H-pyrrole nitrogens is 1. The summed E-state index contributed by atoms with van der Waals surface area (Å²) in [5.41, 5.74) is -1.16. The van der Waals surface area contributed by atoms with E-state index in [1.807, 2.05) is 0 Å². The van der Waals surface area contributed by atoms with Crippen molar-refractivity contribution in [1.82, 2.24) is 9.55 Å². The molecule has 0 aliphatic carbocycles. The fourth-order valence-electron chi connectivity index (χ4n) is 2.03. The Labute approximate surface area is 97.9 Å². The third kappa shape index (κ3) is 2.97. The van der Waals surface area contributed by atoms with E-state index in [0.29, 0.717) is 13.0 Å². The number of rotatable bonds is 3. The minimum absolute atomic E-state index is 0.141. The molecule has 0 radical (unpaired) electrons.